The molecule has 1 aromatic carbocycles. The third-order valence-corrected chi connectivity index (χ3v) is 2.58. The summed E-state index contributed by atoms with van der Waals surface area (Å²) in [4.78, 5) is 10.5. The molecule has 1 rings (SSSR count). The Morgan fingerprint density at radius 3 is 2.32 bits per heavy atom. The number of carbonyl (C=O) groups is 1. The van der Waals surface area contributed by atoms with E-state index in [0.29, 0.717) is 0 Å². The molecule has 0 aromatic heterocycles. The van der Waals surface area contributed by atoms with Crippen LogP contribution in [0.4, 0.5) is 8.78 Å². The number of benzene rings is 1. The molecule has 0 spiro atoms. The maximum Gasteiger partial charge on any atom is 0.341 e. The van der Waals surface area contributed by atoms with Crippen LogP contribution in [0.2, 0.25) is 0 Å². The van der Waals surface area contributed by atoms with Crippen LogP contribution in [0, 0.1) is 23.5 Å². The van der Waals surface area contributed by atoms with Crippen molar-refractivity contribution in [1.29, 1.82) is 0 Å². The van der Waals surface area contributed by atoms with E-state index in [9.17, 15) is 22.0 Å². The molecule has 0 heterocycles. The molecule has 19 heavy (non-hydrogen) atoms. The number of nitrogens with one attached hydrogen (secondary N) is 1. The molecule has 5 nitrogen and oxygen atoms in total. The first-order chi connectivity index (χ1) is 8.70. The molecule has 0 radical (unpaired) electrons. The quantitative estimate of drug-likeness (QED) is 0.797. The van der Waals surface area contributed by atoms with Gasteiger partial charge in [0, 0.05) is 5.56 Å². The first-order valence-electron chi connectivity index (χ1n) is 4.86. The minimum Gasteiger partial charge on any atom is -0.477 e. The van der Waals surface area contributed by atoms with Gasteiger partial charge in [-0.05, 0) is 12.1 Å². The van der Waals surface area contributed by atoms with Crippen LogP contribution in [0.15, 0.2) is 12.1 Å². The van der Waals surface area contributed by atoms with Gasteiger partial charge in [0.25, 0.3) is 0 Å². The van der Waals surface area contributed by atoms with E-state index in [1.165, 1.54) is 0 Å². The summed E-state index contributed by atoms with van der Waals surface area (Å²) in [5.74, 6) is 0.455. The molecule has 0 amide bonds. The number of sulfonamides is 1. The highest BCUT2D eigenvalue weighted by atomic mass is 32.2. The van der Waals surface area contributed by atoms with Gasteiger partial charge in [-0.15, -0.1) is 0 Å². The maximum absolute atomic E-state index is 13.3. The van der Waals surface area contributed by atoms with Crippen LogP contribution >= 0.6 is 0 Å². The molecular formula is C11H9F2NO4S. The van der Waals surface area contributed by atoms with Gasteiger partial charge in [0.1, 0.15) is 17.2 Å². The zero-order valence-electron chi connectivity index (χ0n) is 9.70. The van der Waals surface area contributed by atoms with Crippen molar-refractivity contribution in [3.05, 3.63) is 34.9 Å². The molecule has 0 bridgehead atoms. The van der Waals surface area contributed by atoms with Gasteiger partial charge in [-0.25, -0.2) is 26.7 Å². The van der Waals surface area contributed by atoms with Crippen LogP contribution in [0.25, 0.3) is 0 Å². The van der Waals surface area contributed by atoms with Crippen LogP contribution in [0.1, 0.15) is 15.9 Å². The standard InChI is InChI=1S/C11H9F2NO4S/c1-19(17,18)14-4-2-3-7-5-8(12)10(11(15)16)9(13)6-7/h5-6,14H,4H2,1H3,(H,15,16). The topological polar surface area (TPSA) is 83.5 Å². The van der Waals surface area contributed by atoms with Crippen molar-refractivity contribution >= 4 is 16.0 Å². The largest absolute Gasteiger partial charge is 0.477 e. The Bertz CT molecular complexity index is 651. The number of carboxylic acids is 1. The third-order valence-electron chi connectivity index (χ3n) is 1.91. The van der Waals surface area contributed by atoms with E-state index in [1.807, 2.05) is 0 Å². The predicted molar refractivity (Wildman–Crippen MR) is 63.0 cm³/mol. The molecule has 0 saturated carbocycles. The Labute approximate surface area is 108 Å². The van der Waals surface area contributed by atoms with Gasteiger partial charge in [0.05, 0.1) is 12.8 Å². The molecule has 0 saturated heterocycles. The van der Waals surface area contributed by atoms with Crippen LogP contribution < -0.4 is 4.72 Å². The lowest BCUT2D eigenvalue weighted by molar-refractivity contribution is 0.0686. The zero-order chi connectivity index (χ0) is 14.6. The molecule has 102 valence electrons. The van der Waals surface area contributed by atoms with Crippen molar-refractivity contribution in [2.75, 3.05) is 12.8 Å². The van der Waals surface area contributed by atoms with E-state index >= 15 is 0 Å². The molecule has 0 aliphatic rings. The van der Waals surface area contributed by atoms with Crippen molar-refractivity contribution in [1.82, 2.24) is 4.72 Å². The average Bonchev–Trinajstić information content (AvgIpc) is 2.21. The summed E-state index contributed by atoms with van der Waals surface area (Å²) < 4.78 is 50.0. The molecule has 0 atom stereocenters. The molecule has 2 N–H and O–H groups in total. The number of hydrogen-bond donors (Lipinski definition) is 2. The SMILES string of the molecule is CS(=O)(=O)NCC#Cc1cc(F)c(C(=O)O)c(F)c1. The van der Waals surface area contributed by atoms with Crippen LogP contribution in [-0.2, 0) is 10.0 Å². The monoisotopic (exact) mass is 289 g/mol. The van der Waals surface area contributed by atoms with Crippen LogP contribution in [0.3, 0.4) is 0 Å². The van der Waals surface area contributed by atoms with Crippen molar-refractivity contribution in [2.45, 2.75) is 0 Å². The lowest BCUT2D eigenvalue weighted by Gasteiger charge is -2.00. The summed E-state index contributed by atoms with van der Waals surface area (Å²) >= 11 is 0. The average molecular weight is 289 g/mol. The summed E-state index contributed by atoms with van der Waals surface area (Å²) in [6, 6.07) is 1.53. The fourth-order valence-corrected chi connectivity index (χ4v) is 1.50. The van der Waals surface area contributed by atoms with Crippen LogP contribution in [0.5, 0.6) is 0 Å². The van der Waals surface area contributed by atoms with E-state index in [4.69, 9.17) is 5.11 Å². The highest BCUT2D eigenvalue weighted by molar-refractivity contribution is 7.88. The Morgan fingerprint density at radius 1 is 1.37 bits per heavy atom. The van der Waals surface area contributed by atoms with E-state index in [0.717, 1.165) is 18.4 Å². The van der Waals surface area contributed by atoms with Gasteiger partial charge >= 0.3 is 5.97 Å². The number of rotatable bonds is 3. The Hall–Kier alpha value is -1.98. The van der Waals surface area contributed by atoms with E-state index in [-0.39, 0.29) is 12.1 Å². The molecule has 1 aromatic rings. The minimum absolute atomic E-state index is 0.0877. The fourth-order valence-electron chi connectivity index (χ4n) is 1.16. The van der Waals surface area contributed by atoms with Crippen molar-refractivity contribution < 1.29 is 27.1 Å². The summed E-state index contributed by atoms with van der Waals surface area (Å²) in [7, 11) is -3.39. The van der Waals surface area contributed by atoms with Gasteiger partial charge in [-0.1, -0.05) is 11.8 Å². The number of aromatic carboxylic acids is 1. The highest BCUT2D eigenvalue weighted by Gasteiger charge is 2.17. The second-order valence-corrected chi connectivity index (χ2v) is 5.35. The minimum atomic E-state index is -3.39. The summed E-state index contributed by atoms with van der Waals surface area (Å²) in [6.07, 6.45) is 0.940. The Balaban J connectivity index is 2.94. The van der Waals surface area contributed by atoms with Gasteiger partial charge in [0.15, 0.2) is 0 Å². The number of carboxylic acid groups (broad SMARTS) is 1. The van der Waals surface area contributed by atoms with Crippen molar-refractivity contribution in [2.24, 2.45) is 0 Å². The molecule has 8 heteroatoms. The van der Waals surface area contributed by atoms with Gasteiger partial charge in [0.2, 0.25) is 10.0 Å². The van der Waals surface area contributed by atoms with E-state index in [1.54, 1.807) is 0 Å². The molecule has 0 aliphatic heterocycles. The lowest BCUT2D eigenvalue weighted by atomic mass is 10.1. The van der Waals surface area contributed by atoms with Gasteiger partial charge < -0.3 is 5.11 Å². The van der Waals surface area contributed by atoms with Crippen molar-refractivity contribution in [3.63, 3.8) is 0 Å². The summed E-state index contributed by atoms with van der Waals surface area (Å²) in [5, 5.41) is 8.55. The second-order valence-electron chi connectivity index (χ2n) is 3.52. The first-order valence-corrected chi connectivity index (χ1v) is 6.75. The number of halogens is 2. The summed E-state index contributed by atoms with van der Waals surface area (Å²) in [5.41, 5.74) is -1.14. The summed E-state index contributed by atoms with van der Waals surface area (Å²) in [6.45, 7) is -0.219. The predicted octanol–water partition coefficient (Wildman–Crippen LogP) is 0.564. The fraction of sp³-hybridized carbons (Fsp3) is 0.182. The number of hydrogen-bond acceptors (Lipinski definition) is 3. The molecular weight excluding hydrogens is 280 g/mol. The van der Waals surface area contributed by atoms with Gasteiger partial charge in [-0.3, -0.25) is 0 Å². The van der Waals surface area contributed by atoms with Crippen LogP contribution in [-0.4, -0.2) is 32.3 Å². The lowest BCUT2D eigenvalue weighted by Crippen LogP contribution is -2.21. The maximum atomic E-state index is 13.3. The smallest absolute Gasteiger partial charge is 0.341 e. The molecule has 0 aliphatic carbocycles. The molecule has 0 fully saturated rings. The van der Waals surface area contributed by atoms with E-state index < -0.39 is 33.2 Å². The normalized spacial score (nSPS) is 10.7. The van der Waals surface area contributed by atoms with E-state index in [2.05, 4.69) is 16.6 Å². The Kier molecular flexibility index (Phi) is 4.58. The molecule has 0 unspecified atom stereocenters. The highest BCUT2D eigenvalue weighted by Crippen LogP contribution is 2.14. The van der Waals surface area contributed by atoms with Gasteiger partial charge in [-0.2, -0.15) is 0 Å². The Morgan fingerprint density at radius 2 is 1.89 bits per heavy atom. The second kappa shape index (κ2) is 5.77. The third kappa shape index (κ3) is 4.65. The first kappa shape index (κ1) is 15.1. The zero-order valence-corrected chi connectivity index (χ0v) is 10.5. The van der Waals surface area contributed by atoms with Crippen molar-refractivity contribution in [3.8, 4) is 11.8 Å².